The summed E-state index contributed by atoms with van der Waals surface area (Å²) in [6, 6.07) is 8.01. The largest absolute Gasteiger partial charge is 0.493 e. The minimum absolute atomic E-state index is 0.427. The maximum atomic E-state index is 5.67. The van der Waals surface area contributed by atoms with Gasteiger partial charge in [0.15, 0.2) is 0 Å². The summed E-state index contributed by atoms with van der Waals surface area (Å²) >= 11 is 0. The molecule has 0 amide bonds. The second-order valence-electron chi connectivity index (χ2n) is 5.09. The van der Waals surface area contributed by atoms with Crippen molar-refractivity contribution < 1.29 is 4.74 Å². The molecule has 0 saturated heterocycles. The number of nitrogens with one attached hydrogen (secondary N) is 1. The summed E-state index contributed by atoms with van der Waals surface area (Å²) in [4.78, 5) is 7.66. The van der Waals surface area contributed by atoms with Crippen LogP contribution in [0.15, 0.2) is 24.3 Å². The number of aromatic amines is 1. The van der Waals surface area contributed by atoms with Crippen LogP contribution < -0.4 is 10.5 Å². The van der Waals surface area contributed by atoms with Gasteiger partial charge in [0, 0.05) is 11.3 Å². The lowest BCUT2D eigenvalue weighted by atomic mass is 10.1. The maximum absolute atomic E-state index is 5.67. The van der Waals surface area contributed by atoms with E-state index in [4.69, 9.17) is 10.5 Å². The molecule has 1 aromatic heterocycles. The molecule has 2 aromatic rings. The van der Waals surface area contributed by atoms with Crippen LogP contribution in [0.4, 0.5) is 0 Å². The van der Waals surface area contributed by atoms with Crippen molar-refractivity contribution in [1.82, 2.24) is 9.97 Å². The number of aryl methyl sites for hydroxylation is 1. The lowest BCUT2D eigenvalue weighted by Gasteiger charge is -2.08. The number of rotatable bonds is 5. The number of nitrogens with two attached hydrogens (primary N) is 1. The first kappa shape index (κ1) is 13.6. The number of hydrogen-bond donors (Lipinski definition) is 2. The third kappa shape index (κ3) is 3.35. The Hall–Kier alpha value is -1.81. The van der Waals surface area contributed by atoms with Crippen LogP contribution in [0.3, 0.4) is 0 Å². The van der Waals surface area contributed by atoms with Crippen molar-refractivity contribution in [3.8, 4) is 17.0 Å². The smallest absolute Gasteiger partial charge is 0.120 e. The molecule has 102 valence electrons. The average molecular weight is 259 g/mol. The van der Waals surface area contributed by atoms with Crippen LogP contribution in [0.2, 0.25) is 0 Å². The van der Waals surface area contributed by atoms with Crippen molar-refractivity contribution in [2.75, 3.05) is 6.61 Å². The van der Waals surface area contributed by atoms with Crippen molar-refractivity contribution in [2.45, 2.75) is 27.3 Å². The molecule has 0 unspecified atom stereocenters. The zero-order valence-electron chi connectivity index (χ0n) is 11.7. The standard InChI is InChI=1S/C15H21N3O/c1-10(2)9-19-13-6-4-12(5-7-13)15-11(3)17-14(8-16)18-15/h4-7,10H,8-9,16H2,1-3H3,(H,17,18). The summed E-state index contributed by atoms with van der Waals surface area (Å²) in [5.74, 6) is 2.23. The Morgan fingerprint density at radius 3 is 2.47 bits per heavy atom. The lowest BCUT2D eigenvalue weighted by molar-refractivity contribution is 0.271. The predicted octanol–water partition coefficient (Wildman–Crippen LogP) is 2.88. The first-order chi connectivity index (χ1) is 9.10. The van der Waals surface area contributed by atoms with Gasteiger partial charge in [0.2, 0.25) is 0 Å². The third-order valence-electron chi connectivity index (χ3n) is 2.84. The monoisotopic (exact) mass is 259 g/mol. The molecule has 4 nitrogen and oxygen atoms in total. The number of H-pyrrole nitrogens is 1. The first-order valence-electron chi connectivity index (χ1n) is 6.59. The molecule has 19 heavy (non-hydrogen) atoms. The van der Waals surface area contributed by atoms with E-state index in [1.54, 1.807) is 0 Å². The van der Waals surface area contributed by atoms with Gasteiger partial charge in [0.1, 0.15) is 11.6 Å². The number of hydrogen-bond acceptors (Lipinski definition) is 3. The zero-order valence-corrected chi connectivity index (χ0v) is 11.7. The molecule has 0 bridgehead atoms. The molecule has 2 rings (SSSR count). The molecule has 0 fully saturated rings. The molecular formula is C15H21N3O. The Morgan fingerprint density at radius 1 is 1.26 bits per heavy atom. The third-order valence-corrected chi connectivity index (χ3v) is 2.84. The van der Waals surface area contributed by atoms with Gasteiger partial charge in [-0.1, -0.05) is 13.8 Å². The van der Waals surface area contributed by atoms with Gasteiger partial charge in [-0.05, 0) is 37.1 Å². The Kier molecular flexibility index (Phi) is 4.22. The molecule has 0 saturated carbocycles. The van der Waals surface area contributed by atoms with E-state index in [0.717, 1.165) is 35.1 Å². The van der Waals surface area contributed by atoms with Crippen molar-refractivity contribution in [3.05, 3.63) is 35.8 Å². The quantitative estimate of drug-likeness (QED) is 0.867. The summed E-state index contributed by atoms with van der Waals surface area (Å²) in [7, 11) is 0. The summed E-state index contributed by atoms with van der Waals surface area (Å²) in [5.41, 5.74) is 8.66. The number of imidazole rings is 1. The number of aromatic nitrogens is 2. The van der Waals surface area contributed by atoms with Gasteiger partial charge < -0.3 is 15.5 Å². The van der Waals surface area contributed by atoms with Gasteiger partial charge in [-0.25, -0.2) is 4.98 Å². The summed E-state index contributed by atoms with van der Waals surface area (Å²) in [6.45, 7) is 7.44. The number of nitrogens with zero attached hydrogens (tertiary/aromatic N) is 1. The van der Waals surface area contributed by atoms with Crippen LogP contribution in [0.25, 0.3) is 11.3 Å². The Balaban J connectivity index is 2.15. The predicted molar refractivity (Wildman–Crippen MR) is 77.0 cm³/mol. The molecule has 0 radical (unpaired) electrons. The molecule has 4 heteroatoms. The van der Waals surface area contributed by atoms with Crippen LogP contribution in [0.5, 0.6) is 5.75 Å². The van der Waals surface area contributed by atoms with Crippen LogP contribution in [-0.4, -0.2) is 16.6 Å². The fourth-order valence-corrected chi connectivity index (χ4v) is 1.87. The maximum Gasteiger partial charge on any atom is 0.120 e. The van der Waals surface area contributed by atoms with Gasteiger partial charge in [-0.3, -0.25) is 0 Å². The van der Waals surface area contributed by atoms with Gasteiger partial charge >= 0.3 is 0 Å². The van der Waals surface area contributed by atoms with E-state index in [2.05, 4.69) is 23.8 Å². The zero-order chi connectivity index (χ0) is 13.8. The summed E-state index contributed by atoms with van der Waals surface area (Å²) in [5, 5.41) is 0. The van der Waals surface area contributed by atoms with Gasteiger partial charge in [-0.15, -0.1) is 0 Å². The van der Waals surface area contributed by atoms with E-state index in [9.17, 15) is 0 Å². The normalized spacial score (nSPS) is 11.0. The van der Waals surface area contributed by atoms with E-state index in [1.165, 1.54) is 0 Å². The molecule has 3 N–H and O–H groups in total. The van der Waals surface area contributed by atoms with E-state index in [1.807, 2.05) is 31.2 Å². The van der Waals surface area contributed by atoms with E-state index < -0.39 is 0 Å². The second-order valence-corrected chi connectivity index (χ2v) is 5.09. The van der Waals surface area contributed by atoms with E-state index >= 15 is 0 Å². The highest BCUT2D eigenvalue weighted by molar-refractivity contribution is 5.62. The Bertz CT molecular complexity index is 529. The Morgan fingerprint density at radius 2 is 1.95 bits per heavy atom. The minimum Gasteiger partial charge on any atom is -0.493 e. The molecule has 0 aliphatic heterocycles. The van der Waals surface area contributed by atoms with Gasteiger partial charge in [-0.2, -0.15) is 0 Å². The average Bonchev–Trinajstić information content (AvgIpc) is 2.78. The molecule has 0 spiro atoms. The topological polar surface area (TPSA) is 63.9 Å². The molecule has 1 heterocycles. The second kappa shape index (κ2) is 5.89. The SMILES string of the molecule is Cc1[nH]c(CN)nc1-c1ccc(OCC(C)C)cc1. The molecule has 0 aliphatic carbocycles. The molecule has 0 atom stereocenters. The van der Waals surface area contributed by atoms with Crippen LogP contribution in [-0.2, 0) is 6.54 Å². The van der Waals surface area contributed by atoms with Gasteiger partial charge in [0.25, 0.3) is 0 Å². The summed E-state index contributed by atoms with van der Waals surface area (Å²) in [6.07, 6.45) is 0. The Labute approximate surface area is 114 Å². The number of ether oxygens (including phenoxy) is 1. The van der Waals surface area contributed by atoms with Crippen molar-refractivity contribution >= 4 is 0 Å². The highest BCUT2D eigenvalue weighted by Crippen LogP contribution is 2.23. The van der Waals surface area contributed by atoms with Crippen LogP contribution in [0, 0.1) is 12.8 Å². The molecule has 1 aromatic carbocycles. The highest BCUT2D eigenvalue weighted by atomic mass is 16.5. The van der Waals surface area contributed by atoms with Crippen molar-refractivity contribution in [2.24, 2.45) is 11.7 Å². The summed E-state index contributed by atoms with van der Waals surface area (Å²) < 4.78 is 5.67. The number of benzene rings is 1. The van der Waals surface area contributed by atoms with Gasteiger partial charge in [0.05, 0.1) is 18.8 Å². The molecular weight excluding hydrogens is 238 g/mol. The lowest BCUT2D eigenvalue weighted by Crippen LogP contribution is -2.04. The minimum atomic E-state index is 0.427. The van der Waals surface area contributed by atoms with Crippen LogP contribution in [0.1, 0.15) is 25.4 Å². The van der Waals surface area contributed by atoms with Crippen LogP contribution >= 0.6 is 0 Å². The van der Waals surface area contributed by atoms with E-state index in [-0.39, 0.29) is 0 Å². The van der Waals surface area contributed by atoms with E-state index in [0.29, 0.717) is 12.5 Å². The first-order valence-corrected chi connectivity index (χ1v) is 6.59. The fourth-order valence-electron chi connectivity index (χ4n) is 1.87. The van der Waals surface area contributed by atoms with Crippen molar-refractivity contribution in [1.29, 1.82) is 0 Å². The molecule has 0 aliphatic rings. The van der Waals surface area contributed by atoms with Crippen molar-refractivity contribution in [3.63, 3.8) is 0 Å². The fraction of sp³-hybridized carbons (Fsp3) is 0.400. The highest BCUT2D eigenvalue weighted by Gasteiger charge is 2.08.